The quantitative estimate of drug-likeness (QED) is 0.731. The third-order valence-corrected chi connectivity index (χ3v) is 4.34. The lowest BCUT2D eigenvalue weighted by molar-refractivity contribution is -0.135. The molecular weight excluding hydrogens is 348 g/mol. The monoisotopic (exact) mass is 376 g/mol. The smallest absolute Gasteiger partial charge is 0.332 e. The molecule has 0 aliphatic rings. The topological polar surface area (TPSA) is 86.4 Å². The molecular formula is C19H28N4O4. The van der Waals surface area contributed by atoms with Crippen LogP contribution in [0.4, 0.5) is 0 Å². The van der Waals surface area contributed by atoms with Crippen LogP contribution in [0.15, 0.2) is 21.9 Å². The Bertz CT molecular complexity index is 935. The Balaban J connectivity index is 2.62. The zero-order chi connectivity index (χ0) is 20.3. The maximum absolute atomic E-state index is 13.0. The summed E-state index contributed by atoms with van der Waals surface area (Å²) in [5.41, 5.74) is -0.895. The van der Waals surface area contributed by atoms with Gasteiger partial charge in [-0.05, 0) is 40.2 Å². The number of pyridine rings is 1. The lowest BCUT2D eigenvalue weighted by Crippen LogP contribution is -2.48. The van der Waals surface area contributed by atoms with Crippen molar-refractivity contribution in [1.82, 2.24) is 19.0 Å². The molecule has 2 rings (SSSR count). The van der Waals surface area contributed by atoms with E-state index in [0.29, 0.717) is 12.4 Å². The van der Waals surface area contributed by atoms with E-state index in [1.807, 2.05) is 34.6 Å². The van der Waals surface area contributed by atoms with Gasteiger partial charge >= 0.3 is 5.69 Å². The summed E-state index contributed by atoms with van der Waals surface area (Å²) in [7, 11) is 1.53. The van der Waals surface area contributed by atoms with E-state index in [-0.39, 0.29) is 35.6 Å². The fraction of sp³-hybridized carbons (Fsp3) is 0.579. The Labute approximate surface area is 158 Å². The first-order chi connectivity index (χ1) is 12.7. The number of amides is 1. The highest BCUT2D eigenvalue weighted by Crippen LogP contribution is 2.19. The second kappa shape index (κ2) is 8.37. The summed E-state index contributed by atoms with van der Waals surface area (Å²) in [6.07, 6.45) is 2.28. The van der Waals surface area contributed by atoms with E-state index in [0.717, 1.165) is 11.0 Å². The van der Waals surface area contributed by atoms with Crippen LogP contribution < -0.4 is 16.0 Å². The van der Waals surface area contributed by atoms with Crippen molar-refractivity contribution in [1.29, 1.82) is 0 Å². The van der Waals surface area contributed by atoms with E-state index in [1.165, 1.54) is 17.8 Å². The van der Waals surface area contributed by atoms with Crippen LogP contribution in [0.3, 0.4) is 0 Å². The number of hydrogen-bond donors (Lipinski definition) is 0. The van der Waals surface area contributed by atoms with Crippen molar-refractivity contribution in [3.63, 3.8) is 0 Å². The van der Waals surface area contributed by atoms with Crippen molar-refractivity contribution in [2.45, 2.75) is 59.7 Å². The van der Waals surface area contributed by atoms with Gasteiger partial charge in [-0.1, -0.05) is 6.92 Å². The van der Waals surface area contributed by atoms with Gasteiger partial charge in [0.15, 0.2) is 5.65 Å². The highest BCUT2D eigenvalue weighted by atomic mass is 16.5. The van der Waals surface area contributed by atoms with Crippen molar-refractivity contribution < 1.29 is 9.53 Å². The molecule has 148 valence electrons. The lowest BCUT2D eigenvalue weighted by Gasteiger charge is -2.31. The van der Waals surface area contributed by atoms with E-state index in [9.17, 15) is 14.4 Å². The van der Waals surface area contributed by atoms with Crippen LogP contribution in [0.5, 0.6) is 5.75 Å². The molecule has 0 spiro atoms. The van der Waals surface area contributed by atoms with Crippen molar-refractivity contribution in [3.05, 3.63) is 33.1 Å². The van der Waals surface area contributed by atoms with Gasteiger partial charge in [0.1, 0.15) is 17.7 Å². The van der Waals surface area contributed by atoms with E-state index in [4.69, 9.17) is 4.74 Å². The molecule has 1 amide bonds. The van der Waals surface area contributed by atoms with E-state index in [1.54, 1.807) is 11.0 Å². The Morgan fingerprint density at radius 3 is 2.41 bits per heavy atom. The first-order valence-electron chi connectivity index (χ1n) is 9.23. The molecule has 2 aromatic rings. The third-order valence-electron chi connectivity index (χ3n) is 4.34. The van der Waals surface area contributed by atoms with Crippen LogP contribution in [-0.4, -0.2) is 43.6 Å². The van der Waals surface area contributed by atoms with Gasteiger partial charge in [-0.15, -0.1) is 0 Å². The van der Waals surface area contributed by atoms with Gasteiger partial charge in [0.25, 0.3) is 5.56 Å². The summed E-state index contributed by atoms with van der Waals surface area (Å²) in [5, 5.41) is 0.210. The number of nitrogens with zero attached hydrogens (tertiary/aromatic N) is 4. The number of ether oxygens (including phenoxy) is 1. The highest BCUT2D eigenvalue weighted by molar-refractivity contribution is 5.82. The third kappa shape index (κ3) is 4.04. The minimum Gasteiger partial charge on any atom is -0.493 e. The Kier molecular flexibility index (Phi) is 6.41. The summed E-state index contributed by atoms with van der Waals surface area (Å²) in [6.45, 7) is 9.69. The second-order valence-corrected chi connectivity index (χ2v) is 7.08. The molecule has 27 heavy (non-hydrogen) atoms. The number of carbonyl (C=O) groups is 1. The van der Waals surface area contributed by atoms with Crippen LogP contribution in [0.2, 0.25) is 0 Å². The molecule has 0 fully saturated rings. The maximum atomic E-state index is 13.0. The number of aromatic nitrogens is 3. The molecule has 8 heteroatoms. The Hall–Kier alpha value is -2.64. The number of rotatable bonds is 7. The largest absolute Gasteiger partial charge is 0.493 e. The van der Waals surface area contributed by atoms with Gasteiger partial charge in [-0.2, -0.15) is 0 Å². The van der Waals surface area contributed by atoms with Gasteiger partial charge in [-0.25, -0.2) is 14.3 Å². The number of aryl methyl sites for hydroxylation is 1. The molecule has 0 unspecified atom stereocenters. The fourth-order valence-corrected chi connectivity index (χ4v) is 3.24. The average molecular weight is 376 g/mol. The van der Waals surface area contributed by atoms with E-state index in [2.05, 4.69) is 4.98 Å². The SMILES string of the molecule is CCCOc1ccnc2c1c(=O)n(CC(=O)N(C(C)C)C(C)C)c(=O)n2C. The zero-order valence-electron chi connectivity index (χ0n) is 16.9. The van der Waals surface area contributed by atoms with Crippen molar-refractivity contribution in [2.75, 3.05) is 6.61 Å². The normalized spacial score (nSPS) is 11.4. The molecule has 2 heterocycles. The number of hydrogen-bond acceptors (Lipinski definition) is 5. The predicted octanol–water partition coefficient (Wildman–Crippen LogP) is 1.53. The van der Waals surface area contributed by atoms with Crippen LogP contribution >= 0.6 is 0 Å². The molecule has 0 aromatic carbocycles. The van der Waals surface area contributed by atoms with Crippen LogP contribution in [0.1, 0.15) is 41.0 Å². The minimum absolute atomic E-state index is 0.0392. The van der Waals surface area contributed by atoms with Crippen molar-refractivity contribution in [3.8, 4) is 5.75 Å². The summed E-state index contributed by atoms with van der Waals surface area (Å²) >= 11 is 0. The van der Waals surface area contributed by atoms with Gasteiger partial charge in [0, 0.05) is 25.3 Å². The molecule has 0 saturated carbocycles. The summed E-state index contributed by atoms with van der Waals surface area (Å²) in [4.78, 5) is 44.3. The Morgan fingerprint density at radius 2 is 1.85 bits per heavy atom. The fourth-order valence-electron chi connectivity index (χ4n) is 3.24. The molecule has 0 aliphatic heterocycles. The molecule has 0 saturated heterocycles. The van der Waals surface area contributed by atoms with Crippen molar-refractivity contribution in [2.24, 2.45) is 7.05 Å². The molecule has 8 nitrogen and oxygen atoms in total. The highest BCUT2D eigenvalue weighted by Gasteiger charge is 2.23. The molecule has 2 aromatic heterocycles. The summed E-state index contributed by atoms with van der Waals surface area (Å²) in [5.74, 6) is 0.0895. The van der Waals surface area contributed by atoms with Crippen molar-refractivity contribution >= 4 is 16.9 Å². The molecule has 0 N–H and O–H groups in total. The summed E-state index contributed by atoms with van der Waals surface area (Å²) < 4.78 is 7.90. The first-order valence-corrected chi connectivity index (χ1v) is 9.23. The van der Waals surface area contributed by atoms with Gasteiger partial charge in [0.05, 0.1) is 6.61 Å². The molecule has 0 aliphatic carbocycles. The predicted molar refractivity (Wildman–Crippen MR) is 104 cm³/mol. The van der Waals surface area contributed by atoms with Gasteiger partial charge in [0.2, 0.25) is 5.91 Å². The van der Waals surface area contributed by atoms with E-state index < -0.39 is 11.2 Å². The first kappa shape index (κ1) is 20.7. The molecule has 0 atom stereocenters. The van der Waals surface area contributed by atoms with Crippen LogP contribution in [-0.2, 0) is 18.4 Å². The molecule has 0 radical (unpaired) electrons. The Morgan fingerprint density at radius 1 is 1.22 bits per heavy atom. The average Bonchev–Trinajstić information content (AvgIpc) is 2.60. The lowest BCUT2D eigenvalue weighted by atomic mass is 10.2. The standard InChI is InChI=1S/C19H28N4O4/c1-7-10-27-14-8-9-20-17-16(14)18(25)22(19(26)21(17)6)11-15(24)23(12(2)3)13(4)5/h8-9,12-13H,7,10-11H2,1-6H3. The zero-order valence-corrected chi connectivity index (χ0v) is 16.9. The minimum atomic E-state index is -0.576. The van der Waals surface area contributed by atoms with Gasteiger partial charge in [-0.3, -0.25) is 14.2 Å². The number of fused-ring (bicyclic) bond motifs is 1. The van der Waals surface area contributed by atoms with E-state index >= 15 is 0 Å². The summed E-state index contributed by atoms with van der Waals surface area (Å²) in [6, 6.07) is 1.52. The second-order valence-electron chi connectivity index (χ2n) is 7.08. The maximum Gasteiger partial charge on any atom is 0.332 e. The van der Waals surface area contributed by atoms with Crippen LogP contribution in [0.25, 0.3) is 11.0 Å². The number of carbonyl (C=O) groups excluding carboxylic acids is 1. The van der Waals surface area contributed by atoms with Crippen LogP contribution in [0, 0.1) is 0 Å². The van der Waals surface area contributed by atoms with Gasteiger partial charge < -0.3 is 9.64 Å². The molecule has 0 bridgehead atoms.